The number of halogens is 1. The first-order valence-corrected chi connectivity index (χ1v) is 5.80. The molecule has 0 radical (unpaired) electrons. The lowest BCUT2D eigenvalue weighted by Crippen LogP contribution is -2.42. The van der Waals surface area contributed by atoms with E-state index in [4.69, 9.17) is 0 Å². The topological polar surface area (TPSA) is 40.5 Å². The molecule has 0 amide bonds. The van der Waals surface area contributed by atoms with Crippen LogP contribution in [0.4, 0.5) is 4.39 Å². The first kappa shape index (κ1) is 13.6. The number of aliphatic carboxylic acids is 1. The van der Waals surface area contributed by atoms with Crippen molar-refractivity contribution >= 4 is 5.97 Å². The van der Waals surface area contributed by atoms with Crippen LogP contribution in [-0.4, -0.2) is 35.1 Å². The molecule has 0 aliphatic rings. The zero-order chi connectivity index (χ0) is 12.8. The Balaban J connectivity index is 2.87. The largest absolute Gasteiger partial charge is 0.480 e. The number of carbonyl (C=O) groups is 1. The fraction of sp³-hybridized carbons (Fsp3) is 0.462. The predicted molar refractivity (Wildman–Crippen MR) is 64.4 cm³/mol. The molecule has 1 N–H and O–H groups in total. The van der Waals surface area contributed by atoms with Crippen LogP contribution < -0.4 is 0 Å². The standard InChI is InChI=1S/C13H18FNO2/c1-3-15(4-2)12(13(16)17)9-10-7-5-6-8-11(10)14/h5-8,12H,3-4,9H2,1-2H3,(H,16,17). The van der Waals surface area contributed by atoms with Gasteiger partial charge in [-0.1, -0.05) is 32.0 Å². The van der Waals surface area contributed by atoms with Crippen LogP contribution in [0.5, 0.6) is 0 Å². The Morgan fingerprint density at radius 1 is 1.35 bits per heavy atom. The molecule has 0 spiro atoms. The smallest absolute Gasteiger partial charge is 0.321 e. The number of likely N-dealkylation sites (N-methyl/N-ethyl adjacent to an activating group) is 1. The van der Waals surface area contributed by atoms with E-state index < -0.39 is 12.0 Å². The molecule has 1 rings (SSSR count). The van der Waals surface area contributed by atoms with Gasteiger partial charge in [0, 0.05) is 6.42 Å². The molecule has 4 heteroatoms. The van der Waals surface area contributed by atoms with Gasteiger partial charge in [-0.3, -0.25) is 9.69 Å². The molecule has 0 aliphatic heterocycles. The maximum absolute atomic E-state index is 13.5. The molecule has 3 nitrogen and oxygen atoms in total. The molecule has 0 fully saturated rings. The summed E-state index contributed by atoms with van der Waals surface area (Å²) in [6, 6.07) is 5.65. The van der Waals surface area contributed by atoms with E-state index in [2.05, 4.69) is 0 Å². The summed E-state index contributed by atoms with van der Waals surface area (Å²) in [5.74, 6) is -1.25. The highest BCUT2D eigenvalue weighted by Gasteiger charge is 2.24. The van der Waals surface area contributed by atoms with Crippen molar-refractivity contribution in [2.45, 2.75) is 26.3 Å². The molecule has 1 aromatic rings. The Morgan fingerprint density at radius 3 is 2.41 bits per heavy atom. The van der Waals surface area contributed by atoms with Crippen molar-refractivity contribution in [1.82, 2.24) is 4.90 Å². The zero-order valence-electron chi connectivity index (χ0n) is 10.2. The summed E-state index contributed by atoms with van der Waals surface area (Å²) in [5, 5.41) is 9.19. The maximum Gasteiger partial charge on any atom is 0.321 e. The third-order valence-corrected chi connectivity index (χ3v) is 2.91. The molecular formula is C13H18FNO2. The lowest BCUT2D eigenvalue weighted by Gasteiger charge is -2.26. The molecule has 0 saturated carbocycles. The summed E-state index contributed by atoms with van der Waals surface area (Å²) < 4.78 is 13.5. The third-order valence-electron chi connectivity index (χ3n) is 2.91. The van der Waals surface area contributed by atoms with Gasteiger partial charge in [-0.2, -0.15) is 0 Å². The summed E-state index contributed by atoms with van der Waals surface area (Å²) >= 11 is 0. The number of nitrogens with zero attached hydrogens (tertiary/aromatic N) is 1. The fourth-order valence-corrected chi connectivity index (χ4v) is 1.91. The van der Waals surface area contributed by atoms with Gasteiger partial charge in [0.25, 0.3) is 0 Å². The maximum atomic E-state index is 13.5. The van der Waals surface area contributed by atoms with E-state index >= 15 is 0 Å². The monoisotopic (exact) mass is 239 g/mol. The SMILES string of the molecule is CCN(CC)C(Cc1ccccc1F)C(=O)O. The highest BCUT2D eigenvalue weighted by molar-refractivity contribution is 5.74. The summed E-state index contributed by atoms with van der Waals surface area (Å²) in [6.07, 6.45) is 0.198. The third kappa shape index (κ3) is 3.53. The summed E-state index contributed by atoms with van der Waals surface area (Å²) in [5.41, 5.74) is 0.451. The summed E-state index contributed by atoms with van der Waals surface area (Å²) in [7, 11) is 0. The second-order valence-corrected chi connectivity index (χ2v) is 3.87. The van der Waals surface area contributed by atoms with Gasteiger partial charge in [0.15, 0.2) is 0 Å². The highest BCUT2D eigenvalue weighted by Crippen LogP contribution is 2.13. The first-order valence-electron chi connectivity index (χ1n) is 5.80. The molecule has 1 aromatic carbocycles. The van der Waals surface area contributed by atoms with E-state index in [9.17, 15) is 14.3 Å². The van der Waals surface area contributed by atoms with Gasteiger partial charge < -0.3 is 5.11 Å². The Labute approximate surface area is 101 Å². The summed E-state index contributed by atoms with van der Waals surface area (Å²) in [4.78, 5) is 13.0. The van der Waals surface area contributed by atoms with Crippen molar-refractivity contribution < 1.29 is 14.3 Å². The number of hydrogen-bond acceptors (Lipinski definition) is 2. The first-order chi connectivity index (χ1) is 8.10. The van der Waals surface area contributed by atoms with Crippen molar-refractivity contribution in [1.29, 1.82) is 0 Å². The zero-order valence-corrected chi connectivity index (χ0v) is 10.2. The molecule has 1 unspecified atom stereocenters. The lowest BCUT2D eigenvalue weighted by molar-refractivity contribution is -0.143. The second-order valence-electron chi connectivity index (χ2n) is 3.87. The van der Waals surface area contributed by atoms with Crippen LogP contribution in [0.1, 0.15) is 19.4 Å². The van der Waals surface area contributed by atoms with E-state index in [1.165, 1.54) is 6.07 Å². The van der Waals surface area contributed by atoms with Crippen molar-refractivity contribution in [3.63, 3.8) is 0 Å². The average molecular weight is 239 g/mol. The molecule has 94 valence electrons. The highest BCUT2D eigenvalue weighted by atomic mass is 19.1. The number of rotatable bonds is 6. The van der Waals surface area contributed by atoms with Gasteiger partial charge >= 0.3 is 5.97 Å². The Morgan fingerprint density at radius 2 is 1.94 bits per heavy atom. The van der Waals surface area contributed by atoms with Crippen LogP contribution in [0.25, 0.3) is 0 Å². The normalized spacial score (nSPS) is 12.7. The Bertz CT molecular complexity index is 377. The van der Waals surface area contributed by atoms with Gasteiger partial charge in [0.2, 0.25) is 0 Å². The minimum absolute atomic E-state index is 0.198. The molecule has 17 heavy (non-hydrogen) atoms. The van der Waals surface area contributed by atoms with Crippen molar-refractivity contribution in [3.8, 4) is 0 Å². The van der Waals surface area contributed by atoms with E-state index in [0.717, 1.165) is 0 Å². The van der Waals surface area contributed by atoms with Crippen LogP contribution >= 0.6 is 0 Å². The molecule has 0 saturated heterocycles. The summed E-state index contributed by atoms with van der Waals surface area (Å²) in [6.45, 7) is 5.09. The van der Waals surface area contributed by atoms with E-state index in [0.29, 0.717) is 18.7 Å². The number of carboxylic acids is 1. The van der Waals surface area contributed by atoms with E-state index in [1.54, 1.807) is 18.2 Å². The molecule has 0 heterocycles. The molecular weight excluding hydrogens is 221 g/mol. The fourth-order valence-electron chi connectivity index (χ4n) is 1.91. The van der Waals surface area contributed by atoms with Crippen LogP contribution in [0.2, 0.25) is 0 Å². The lowest BCUT2D eigenvalue weighted by atomic mass is 10.0. The van der Waals surface area contributed by atoms with Crippen molar-refractivity contribution in [3.05, 3.63) is 35.6 Å². The van der Waals surface area contributed by atoms with Gasteiger partial charge in [-0.05, 0) is 24.7 Å². The van der Waals surface area contributed by atoms with Crippen LogP contribution in [0.3, 0.4) is 0 Å². The second kappa shape index (κ2) is 6.35. The van der Waals surface area contributed by atoms with Crippen LogP contribution in [0.15, 0.2) is 24.3 Å². The number of hydrogen-bond donors (Lipinski definition) is 1. The Hall–Kier alpha value is -1.42. The van der Waals surface area contributed by atoms with Crippen molar-refractivity contribution in [2.75, 3.05) is 13.1 Å². The van der Waals surface area contributed by atoms with E-state index in [1.807, 2.05) is 18.7 Å². The molecule has 0 bridgehead atoms. The van der Waals surface area contributed by atoms with E-state index in [-0.39, 0.29) is 12.2 Å². The van der Waals surface area contributed by atoms with Crippen LogP contribution in [-0.2, 0) is 11.2 Å². The molecule has 1 atom stereocenters. The average Bonchev–Trinajstić information content (AvgIpc) is 2.31. The number of carboxylic acid groups (broad SMARTS) is 1. The van der Waals surface area contributed by atoms with Gasteiger partial charge in [-0.25, -0.2) is 4.39 Å². The minimum atomic E-state index is -0.906. The quantitative estimate of drug-likeness (QED) is 0.827. The van der Waals surface area contributed by atoms with Gasteiger partial charge in [0.1, 0.15) is 11.9 Å². The van der Waals surface area contributed by atoms with Gasteiger partial charge in [-0.15, -0.1) is 0 Å². The predicted octanol–water partition coefficient (Wildman–Crippen LogP) is 2.16. The Kier molecular flexibility index (Phi) is 5.10. The molecule has 0 aliphatic carbocycles. The molecule has 0 aromatic heterocycles. The van der Waals surface area contributed by atoms with Gasteiger partial charge in [0.05, 0.1) is 0 Å². The minimum Gasteiger partial charge on any atom is -0.480 e. The van der Waals surface area contributed by atoms with Crippen LogP contribution in [0, 0.1) is 5.82 Å². The van der Waals surface area contributed by atoms with Crippen molar-refractivity contribution in [2.24, 2.45) is 0 Å². The number of benzene rings is 1.